The molecular formula is C12H17N5. The van der Waals surface area contributed by atoms with Crippen molar-refractivity contribution in [2.75, 3.05) is 11.9 Å². The van der Waals surface area contributed by atoms with Crippen molar-refractivity contribution in [2.45, 2.75) is 20.8 Å². The molecule has 0 saturated carbocycles. The van der Waals surface area contributed by atoms with E-state index in [-0.39, 0.29) is 0 Å². The van der Waals surface area contributed by atoms with E-state index in [1.807, 2.05) is 6.07 Å². The van der Waals surface area contributed by atoms with Crippen LogP contribution in [0.3, 0.4) is 0 Å². The zero-order valence-corrected chi connectivity index (χ0v) is 10.4. The van der Waals surface area contributed by atoms with Gasteiger partial charge in [-0.2, -0.15) is 0 Å². The van der Waals surface area contributed by atoms with Crippen molar-refractivity contribution >= 4 is 5.69 Å². The molecule has 0 unspecified atom stereocenters. The first-order chi connectivity index (χ1) is 8.16. The molecule has 0 radical (unpaired) electrons. The lowest BCUT2D eigenvalue weighted by Gasteiger charge is -2.12. The van der Waals surface area contributed by atoms with Gasteiger partial charge in [-0.05, 0) is 41.0 Å². The third-order valence-electron chi connectivity index (χ3n) is 2.54. The molecule has 1 N–H and O–H groups in total. The van der Waals surface area contributed by atoms with Crippen molar-refractivity contribution in [3.63, 3.8) is 0 Å². The molecule has 1 heterocycles. The number of hydrogen-bond donors (Lipinski definition) is 1. The summed E-state index contributed by atoms with van der Waals surface area (Å²) in [6.07, 6.45) is 1.59. The van der Waals surface area contributed by atoms with Crippen LogP contribution >= 0.6 is 0 Å². The first-order valence-corrected chi connectivity index (χ1v) is 5.74. The highest BCUT2D eigenvalue weighted by Gasteiger charge is 2.03. The molecule has 5 heteroatoms. The molecule has 1 aromatic heterocycles. The predicted octanol–water partition coefficient (Wildman–Crippen LogP) is 2.04. The van der Waals surface area contributed by atoms with E-state index in [4.69, 9.17) is 0 Å². The quantitative estimate of drug-likeness (QED) is 0.874. The maximum Gasteiger partial charge on any atom is 0.143 e. The molecule has 2 rings (SSSR count). The van der Waals surface area contributed by atoms with Crippen LogP contribution in [-0.4, -0.2) is 26.8 Å². The molecule has 17 heavy (non-hydrogen) atoms. The van der Waals surface area contributed by atoms with Gasteiger partial charge in [0.2, 0.25) is 0 Å². The first-order valence-electron chi connectivity index (χ1n) is 5.74. The molecule has 90 valence electrons. The van der Waals surface area contributed by atoms with Gasteiger partial charge in [0.15, 0.2) is 0 Å². The van der Waals surface area contributed by atoms with Crippen LogP contribution in [0.2, 0.25) is 0 Å². The Morgan fingerprint density at radius 2 is 2.18 bits per heavy atom. The highest BCUT2D eigenvalue weighted by atomic mass is 15.5. The molecule has 2 aromatic rings. The van der Waals surface area contributed by atoms with Gasteiger partial charge in [-0.15, -0.1) is 5.10 Å². The second-order valence-corrected chi connectivity index (χ2v) is 4.53. The topological polar surface area (TPSA) is 55.6 Å². The van der Waals surface area contributed by atoms with E-state index in [1.54, 1.807) is 11.0 Å². The standard InChI is InChI=1S/C12H17N5/c1-9(2)7-13-12-6-11(5-4-10(12)3)17-8-14-15-16-17/h4-6,8-9,13H,7H2,1-3H3. The van der Waals surface area contributed by atoms with Crippen LogP contribution in [0.25, 0.3) is 5.69 Å². The molecule has 0 aliphatic carbocycles. The van der Waals surface area contributed by atoms with Gasteiger partial charge in [0.05, 0.1) is 5.69 Å². The highest BCUT2D eigenvalue weighted by Crippen LogP contribution is 2.19. The largest absolute Gasteiger partial charge is 0.385 e. The Bertz CT molecular complexity index is 476. The molecule has 0 atom stereocenters. The minimum Gasteiger partial charge on any atom is -0.385 e. The zero-order valence-electron chi connectivity index (χ0n) is 10.4. The van der Waals surface area contributed by atoms with E-state index in [0.717, 1.165) is 17.9 Å². The third-order valence-corrected chi connectivity index (χ3v) is 2.54. The molecule has 0 fully saturated rings. The van der Waals surface area contributed by atoms with Gasteiger partial charge in [-0.1, -0.05) is 19.9 Å². The van der Waals surface area contributed by atoms with Crippen LogP contribution < -0.4 is 5.32 Å². The lowest BCUT2D eigenvalue weighted by atomic mass is 10.1. The fourth-order valence-electron chi connectivity index (χ4n) is 1.54. The molecule has 0 bridgehead atoms. The lowest BCUT2D eigenvalue weighted by molar-refractivity contribution is 0.688. The van der Waals surface area contributed by atoms with Crippen molar-refractivity contribution in [3.8, 4) is 5.69 Å². The molecular weight excluding hydrogens is 214 g/mol. The van der Waals surface area contributed by atoms with E-state index < -0.39 is 0 Å². The minimum absolute atomic E-state index is 0.617. The highest BCUT2D eigenvalue weighted by molar-refractivity contribution is 5.56. The Morgan fingerprint density at radius 1 is 1.35 bits per heavy atom. The summed E-state index contributed by atoms with van der Waals surface area (Å²) in [6, 6.07) is 6.14. The van der Waals surface area contributed by atoms with Crippen LogP contribution in [0.4, 0.5) is 5.69 Å². The van der Waals surface area contributed by atoms with Gasteiger partial charge in [0.1, 0.15) is 6.33 Å². The molecule has 0 aliphatic rings. The fourth-order valence-corrected chi connectivity index (χ4v) is 1.54. The minimum atomic E-state index is 0.617. The average Bonchev–Trinajstić information content (AvgIpc) is 2.81. The van der Waals surface area contributed by atoms with Crippen LogP contribution in [-0.2, 0) is 0 Å². The number of aromatic nitrogens is 4. The number of anilines is 1. The van der Waals surface area contributed by atoms with Crippen LogP contribution in [0.5, 0.6) is 0 Å². The second kappa shape index (κ2) is 4.95. The van der Waals surface area contributed by atoms with Gasteiger partial charge in [-0.3, -0.25) is 0 Å². The lowest BCUT2D eigenvalue weighted by Crippen LogP contribution is -2.09. The summed E-state index contributed by atoms with van der Waals surface area (Å²) in [4.78, 5) is 0. The Labute approximate surface area is 101 Å². The predicted molar refractivity (Wildman–Crippen MR) is 67.2 cm³/mol. The smallest absolute Gasteiger partial charge is 0.143 e. The summed E-state index contributed by atoms with van der Waals surface area (Å²) in [7, 11) is 0. The maximum atomic E-state index is 3.88. The Balaban J connectivity index is 2.23. The van der Waals surface area contributed by atoms with Gasteiger partial charge in [0, 0.05) is 12.2 Å². The zero-order chi connectivity index (χ0) is 12.3. The molecule has 5 nitrogen and oxygen atoms in total. The normalized spacial score (nSPS) is 10.8. The first kappa shape index (κ1) is 11.6. The van der Waals surface area contributed by atoms with E-state index >= 15 is 0 Å². The summed E-state index contributed by atoms with van der Waals surface area (Å²) in [5, 5.41) is 14.6. The fraction of sp³-hybridized carbons (Fsp3) is 0.417. The van der Waals surface area contributed by atoms with Gasteiger partial charge in [0.25, 0.3) is 0 Å². The van der Waals surface area contributed by atoms with Crippen LogP contribution in [0.1, 0.15) is 19.4 Å². The van der Waals surface area contributed by atoms with Crippen molar-refractivity contribution < 1.29 is 0 Å². The maximum absolute atomic E-state index is 3.88. The van der Waals surface area contributed by atoms with Gasteiger partial charge < -0.3 is 5.32 Å². The van der Waals surface area contributed by atoms with E-state index in [2.05, 4.69) is 53.7 Å². The monoisotopic (exact) mass is 231 g/mol. The molecule has 0 saturated heterocycles. The second-order valence-electron chi connectivity index (χ2n) is 4.53. The Kier molecular flexibility index (Phi) is 3.37. The Morgan fingerprint density at radius 3 is 2.82 bits per heavy atom. The summed E-state index contributed by atoms with van der Waals surface area (Å²) < 4.78 is 1.65. The average molecular weight is 231 g/mol. The molecule has 0 amide bonds. The van der Waals surface area contributed by atoms with E-state index in [1.165, 1.54) is 5.56 Å². The van der Waals surface area contributed by atoms with Gasteiger partial charge >= 0.3 is 0 Å². The summed E-state index contributed by atoms with van der Waals surface area (Å²) >= 11 is 0. The van der Waals surface area contributed by atoms with Crippen LogP contribution in [0, 0.1) is 12.8 Å². The summed E-state index contributed by atoms with van der Waals surface area (Å²) in [5.74, 6) is 0.617. The SMILES string of the molecule is Cc1ccc(-n2cnnn2)cc1NCC(C)C. The molecule has 0 aliphatic heterocycles. The van der Waals surface area contributed by atoms with Crippen molar-refractivity contribution in [1.82, 2.24) is 20.2 Å². The van der Waals surface area contributed by atoms with Crippen LogP contribution in [0.15, 0.2) is 24.5 Å². The summed E-state index contributed by atoms with van der Waals surface area (Å²) in [6.45, 7) is 7.42. The number of aryl methyl sites for hydroxylation is 1. The number of nitrogens with one attached hydrogen (secondary N) is 1. The number of hydrogen-bond acceptors (Lipinski definition) is 4. The molecule has 0 spiro atoms. The van der Waals surface area contributed by atoms with Crippen molar-refractivity contribution in [3.05, 3.63) is 30.1 Å². The Hall–Kier alpha value is -1.91. The number of nitrogens with zero attached hydrogens (tertiary/aromatic N) is 4. The number of rotatable bonds is 4. The van der Waals surface area contributed by atoms with Crippen molar-refractivity contribution in [1.29, 1.82) is 0 Å². The summed E-state index contributed by atoms with van der Waals surface area (Å²) in [5.41, 5.74) is 3.32. The third kappa shape index (κ3) is 2.81. The van der Waals surface area contributed by atoms with E-state index in [9.17, 15) is 0 Å². The number of benzene rings is 1. The molecule has 1 aromatic carbocycles. The van der Waals surface area contributed by atoms with E-state index in [0.29, 0.717) is 5.92 Å². The number of tetrazole rings is 1. The van der Waals surface area contributed by atoms with Crippen molar-refractivity contribution in [2.24, 2.45) is 5.92 Å². The van der Waals surface area contributed by atoms with Gasteiger partial charge in [-0.25, -0.2) is 4.68 Å².